The van der Waals surface area contributed by atoms with E-state index in [2.05, 4.69) is 15.5 Å². The summed E-state index contributed by atoms with van der Waals surface area (Å²) in [6.45, 7) is 0. The third-order valence-corrected chi connectivity index (χ3v) is 3.72. The quantitative estimate of drug-likeness (QED) is 0.549. The number of amides is 1. The standard InChI is InChI=1S/C20H17N3O3/c1-26-16-7-8-17(18(24)13-16)19(14-5-3-2-4-6-14)22-23-20(25)15-9-11-21-12-10-15/h2-13,24H,1H3,(H,23,25). The fraction of sp³-hybridized carbons (Fsp3) is 0.0500. The minimum atomic E-state index is -0.367. The van der Waals surface area contributed by atoms with Crippen molar-refractivity contribution in [3.05, 3.63) is 89.7 Å². The number of aromatic nitrogens is 1. The number of benzene rings is 2. The molecule has 0 saturated heterocycles. The van der Waals surface area contributed by atoms with Gasteiger partial charge in [0, 0.05) is 35.2 Å². The zero-order valence-electron chi connectivity index (χ0n) is 14.1. The second-order valence-electron chi connectivity index (χ2n) is 5.39. The van der Waals surface area contributed by atoms with Crippen molar-refractivity contribution in [1.29, 1.82) is 0 Å². The maximum absolute atomic E-state index is 12.3. The van der Waals surface area contributed by atoms with Crippen molar-refractivity contribution >= 4 is 11.6 Å². The fourth-order valence-corrected chi connectivity index (χ4v) is 2.39. The minimum Gasteiger partial charge on any atom is -0.507 e. The molecule has 0 unspecified atom stereocenters. The van der Waals surface area contributed by atoms with Crippen molar-refractivity contribution in [2.24, 2.45) is 5.10 Å². The van der Waals surface area contributed by atoms with Crippen molar-refractivity contribution in [3.63, 3.8) is 0 Å². The molecule has 2 aromatic carbocycles. The number of methoxy groups -OCH3 is 1. The third-order valence-electron chi connectivity index (χ3n) is 3.72. The van der Waals surface area contributed by atoms with E-state index in [1.54, 1.807) is 24.3 Å². The monoisotopic (exact) mass is 347 g/mol. The van der Waals surface area contributed by atoms with Gasteiger partial charge in [-0.1, -0.05) is 30.3 Å². The van der Waals surface area contributed by atoms with E-state index in [1.807, 2.05) is 30.3 Å². The van der Waals surface area contributed by atoms with E-state index >= 15 is 0 Å². The van der Waals surface area contributed by atoms with Gasteiger partial charge < -0.3 is 9.84 Å². The van der Waals surface area contributed by atoms with E-state index in [4.69, 9.17) is 4.74 Å². The Hall–Kier alpha value is -3.67. The Balaban J connectivity index is 1.98. The third kappa shape index (κ3) is 3.87. The number of nitrogens with one attached hydrogen (secondary N) is 1. The van der Waals surface area contributed by atoms with Crippen LogP contribution in [0.25, 0.3) is 0 Å². The van der Waals surface area contributed by atoms with Crippen molar-refractivity contribution in [2.45, 2.75) is 0 Å². The lowest BCUT2D eigenvalue weighted by molar-refractivity contribution is 0.0955. The van der Waals surface area contributed by atoms with Crippen LogP contribution in [0, 0.1) is 0 Å². The molecule has 0 bridgehead atoms. The number of carbonyl (C=O) groups excluding carboxylic acids is 1. The highest BCUT2D eigenvalue weighted by Gasteiger charge is 2.14. The molecule has 26 heavy (non-hydrogen) atoms. The van der Waals surface area contributed by atoms with E-state index in [0.717, 1.165) is 5.56 Å². The van der Waals surface area contributed by atoms with E-state index in [1.165, 1.54) is 25.6 Å². The first-order valence-corrected chi connectivity index (χ1v) is 7.90. The van der Waals surface area contributed by atoms with Crippen LogP contribution in [-0.4, -0.2) is 28.8 Å². The van der Waals surface area contributed by atoms with Crippen molar-refractivity contribution < 1.29 is 14.6 Å². The molecule has 0 aliphatic rings. The summed E-state index contributed by atoms with van der Waals surface area (Å²) in [6, 6.07) is 17.4. The van der Waals surface area contributed by atoms with E-state index in [9.17, 15) is 9.90 Å². The van der Waals surface area contributed by atoms with Crippen LogP contribution in [0.2, 0.25) is 0 Å². The van der Waals surface area contributed by atoms with Gasteiger partial charge in [0.05, 0.1) is 7.11 Å². The molecule has 0 aliphatic carbocycles. The average Bonchev–Trinajstić information content (AvgIpc) is 2.70. The Morgan fingerprint density at radius 2 is 1.77 bits per heavy atom. The van der Waals surface area contributed by atoms with Gasteiger partial charge in [-0.2, -0.15) is 5.10 Å². The Morgan fingerprint density at radius 3 is 2.42 bits per heavy atom. The number of hydrazone groups is 1. The van der Waals surface area contributed by atoms with Gasteiger partial charge in [0.15, 0.2) is 0 Å². The first-order valence-electron chi connectivity index (χ1n) is 7.90. The summed E-state index contributed by atoms with van der Waals surface area (Å²) in [5.74, 6) is 0.165. The number of carbonyl (C=O) groups is 1. The van der Waals surface area contributed by atoms with E-state index in [0.29, 0.717) is 22.6 Å². The molecular formula is C20H17N3O3. The lowest BCUT2D eigenvalue weighted by Crippen LogP contribution is -2.20. The number of phenols is 1. The Labute approximate surface area is 150 Å². The Bertz CT molecular complexity index is 926. The number of rotatable bonds is 5. The average molecular weight is 347 g/mol. The fourth-order valence-electron chi connectivity index (χ4n) is 2.39. The predicted octanol–water partition coefficient (Wildman–Crippen LogP) is 2.98. The molecule has 0 saturated carbocycles. The lowest BCUT2D eigenvalue weighted by Gasteiger charge is -2.11. The van der Waals surface area contributed by atoms with Crippen LogP contribution in [-0.2, 0) is 0 Å². The lowest BCUT2D eigenvalue weighted by atomic mass is 10.0. The first-order chi connectivity index (χ1) is 12.7. The largest absolute Gasteiger partial charge is 0.507 e. The van der Waals surface area contributed by atoms with Crippen molar-refractivity contribution in [2.75, 3.05) is 7.11 Å². The molecule has 1 aromatic heterocycles. The van der Waals surface area contributed by atoms with Gasteiger partial charge in [0.25, 0.3) is 5.91 Å². The highest BCUT2D eigenvalue weighted by molar-refractivity contribution is 6.15. The van der Waals surface area contributed by atoms with Gasteiger partial charge in [-0.15, -0.1) is 0 Å². The second kappa shape index (κ2) is 7.94. The zero-order valence-corrected chi connectivity index (χ0v) is 14.1. The van der Waals surface area contributed by atoms with Crippen LogP contribution in [0.1, 0.15) is 21.5 Å². The number of hydrogen-bond donors (Lipinski definition) is 2. The van der Waals surface area contributed by atoms with Crippen LogP contribution in [0.15, 0.2) is 78.2 Å². The molecule has 3 rings (SSSR count). The summed E-state index contributed by atoms with van der Waals surface area (Å²) in [6.07, 6.45) is 3.07. The normalized spacial score (nSPS) is 11.0. The summed E-state index contributed by atoms with van der Waals surface area (Å²) >= 11 is 0. The van der Waals surface area contributed by atoms with Gasteiger partial charge in [-0.05, 0) is 24.3 Å². The van der Waals surface area contributed by atoms with Crippen molar-refractivity contribution in [3.8, 4) is 11.5 Å². The predicted molar refractivity (Wildman–Crippen MR) is 98.4 cm³/mol. The second-order valence-corrected chi connectivity index (χ2v) is 5.39. The summed E-state index contributed by atoms with van der Waals surface area (Å²) < 4.78 is 5.12. The van der Waals surface area contributed by atoms with Crippen LogP contribution < -0.4 is 10.2 Å². The molecule has 6 heteroatoms. The number of pyridine rings is 1. The number of nitrogens with zero attached hydrogens (tertiary/aromatic N) is 2. The van der Waals surface area contributed by atoms with Gasteiger partial charge in [-0.25, -0.2) is 5.43 Å². The topological polar surface area (TPSA) is 83.8 Å². The number of ether oxygens (including phenoxy) is 1. The smallest absolute Gasteiger partial charge is 0.271 e. The highest BCUT2D eigenvalue weighted by Crippen LogP contribution is 2.26. The summed E-state index contributed by atoms with van der Waals surface area (Å²) in [7, 11) is 1.52. The molecule has 0 atom stereocenters. The molecule has 130 valence electrons. The van der Waals surface area contributed by atoms with Gasteiger partial charge >= 0.3 is 0 Å². The maximum atomic E-state index is 12.3. The van der Waals surface area contributed by atoms with Crippen LogP contribution >= 0.6 is 0 Å². The zero-order chi connectivity index (χ0) is 18.4. The molecule has 0 spiro atoms. The summed E-state index contributed by atoms with van der Waals surface area (Å²) in [5.41, 5.74) is 4.64. The van der Waals surface area contributed by atoms with E-state index < -0.39 is 0 Å². The highest BCUT2D eigenvalue weighted by atomic mass is 16.5. The molecule has 2 N–H and O–H groups in total. The van der Waals surface area contributed by atoms with Crippen LogP contribution in [0.5, 0.6) is 11.5 Å². The maximum Gasteiger partial charge on any atom is 0.271 e. The molecule has 0 fully saturated rings. The molecule has 0 radical (unpaired) electrons. The number of phenolic OH excluding ortho intramolecular Hbond substituents is 1. The van der Waals surface area contributed by atoms with Gasteiger partial charge in [0.1, 0.15) is 17.2 Å². The van der Waals surface area contributed by atoms with Crippen LogP contribution in [0.3, 0.4) is 0 Å². The Kier molecular flexibility index (Phi) is 5.24. The van der Waals surface area contributed by atoms with Gasteiger partial charge in [0.2, 0.25) is 0 Å². The molecule has 0 aliphatic heterocycles. The van der Waals surface area contributed by atoms with Crippen molar-refractivity contribution in [1.82, 2.24) is 10.4 Å². The number of hydrogen-bond acceptors (Lipinski definition) is 5. The SMILES string of the molecule is COc1ccc(C(=NNC(=O)c2ccncc2)c2ccccc2)c(O)c1. The molecule has 6 nitrogen and oxygen atoms in total. The summed E-state index contributed by atoms with van der Waals surface area (Å²) in [5, 5.41) is 14.6. The molecule has 1 amide bonds. The van der Waals surface area contributed by atoms with Crippen LogP contribution in [0.4, 0.5) is 0 Å². The number of aromatic hydroxyl groups is 1. The molecule has 1 heterocycles. The Morgan fingerprint density at radius 1 is 1.04 bits per heavy atom. The molecule has 3 aromatic rings. The molecular weight excluding hydrogens is 330 g/mol. The van der Waals surface area contributed by atoms with E-state index in [-0.39, 0.29) is 11.7 Å². The minimum absolute atomic E-state index is 0.00473. The van der Waals surface area contributed by atoms with Gasteiger partial charge in [-0.3, -0.25) is 9.78 Å². The summed E-state index contributed by atoms with van der Waals surface area (Å²) in [4.78, 5) is 16.2. The first kappa shape index (κ1) is 17.2.